The summed E-state index contributed by atoms with van der Waals surface area (Å²) in [5, 5.41) is 22.3. The molecule has 0 spiro atoms. The first-order chi connectivity index (χ1) is 43.0. The molecule has 2 aromatic rings. The van der Waals surface area contributed by atoms with Crippen LogP contribution >= 0.6 is 0 Å². The summed E-state index contributed by atoms with van der Waals surface area (Å²) in [5.74, 6) is -0.178. The summed E-state index contributed by atoms with van der Waals surface area (Å²) in [5.41, 5.74) is -1.52. The Hall–Kier alpha value is -3.88. The summed E-state index contributed by atoms with van der Waals surface area (Å²) in [7, 11) is 1.34. The lowest BCUT2D eigenvalue weighted by molar-refractivity contribution is -0.153. The largest absolute Gasteiger partial charge is 0.490 e. The Morgan fingerprint density at radius 2 is 0.807 bits per heavy atom. The van der Waals surface area contributed by atoms with Crippen molar-refractivity contribution in [2.24, 2.45) is 0 Å². The van der Waals surface area contributed by atoms with Gasteiger partial charge in [0.15, 0.2) is 23.8 Å². The number of hydrogen-bond acceptors (Lipinski definition) is 11. The number of aliphatic hydroxyl groups excluding tert-OH is 2. The molecule has 14 nitrogen and oxygen atoms in total. The lowest BCUT2D eigenvalue weighted by Crippen LogP contribution is -2.54. The lowest BCUT2D eigenvalue weighted by Gasteiger charge is -2.24. The number of ether oxygens (including phenoxy) is 5. The minimum Gasteiger partial charge on any atom is -0.490 e. The van der Waals surface area contributed by atoms with Crippen LogP contribution in [0.2, 0.25) is 0 Å². The molecule has 0 bridgehead atoms. The van der Waals surface area contributed by atoms with Crippen molar-refractivity contribution < 1.29 is 43.5 Å². The van der Waals surface area contributed by atoms with Crippen LogP contribution in [0.4, 0.5) is 0 Å². The number of benzene rings is 1. The SMILES string of the molecule is CCCCCCCCCCCCCCCCCCOc1cc(C(=O)N(C)n2c(=O)c(C)cn([C@@H]3O[C@H](CO)[C@@H](OC(C)=O)[C@H]3O)c2=O)cc(OCCCCCCCCCCCCCCCCCC)c1OCCCCCCCCCCCCCCCCCC. The number of carbonyl (C=O) groups is 2. The van der Waals surface area contributed by atoms with Gasteiger partial charge in [-0.15, -0.1) is 0 Å². The smallest absolute Gasteiger partial charge is 0.352 e. The molecule has 4 atom stereocenters. The highest BCUT2D eigenvalue weighted by Gasteiger charge is 2.47. The third kappa shape index (κ3) is 33.4. The highest BCUT2D eigenvalue weighted by molar-refractivity contribution is 6.02. The van der Waals surface area contributed by atoms with Crippen LogP contribution in [0.3, 0.4) is 0 Å². The maximum atomic E-state index is 14.8. The van der Waals surface area contributed by atoms with Gasteiger partial charge in [-0.05, 0) is 38.3 Å². The van der Waals surface area contributed by atoms with Crippen molar-refractivity contribution in [3.8, 4) is 17.2 Å². The molecular formula is C74H131N3O11. The maximum absolute atomic E-state index is 14.8. The number of unbranched alkanes of at least 4 members (excludes halogenated alkanes) is 45. The van der Waals surface area contributed by atoms with Gasteiger partial charge in [-0.3, -0.25) is 19.0 Å². The molecule has 1 fully saturated rings. The van der Waals surface area contributed by atoms with Crippen LogP contribution in [0.25, 0.3) is 0 Å². The van der Waals surface area contributed by atoms with Crippen LogP contribution in [0, 0.1) is 6.92 Å². The van der Waals surface area contributed by atoms with E-state index in [4.69, 9.17) is 23.7 Å². The van der Waals surface area contributed by atoms with Gasteiger partial charge < -0.3 is 33.9 Å². The van der Waals surface area contributed by atoms with E-state index in [2.05, 4.69) is 20.8 Å². The number of aliphatic hydroxyl groups is 2. The number of amides is 1. The Morgan fingerprint density at radius 1 is 0.500 bits per heavy atom. The van der Waals surface area contributed by atoms with E-state index in [9.17, 15) is 29.4 Å². The van der Waals surface area contributed by atoms with Crippen molar-refractivity contribution in [3.63, 3.8) is 0 Å². The fraction of sp³-hybridized carbons (Fsp3) is 0.838. The molecule has 1 aliphatic heterocycles. The van der Waals surface area contributed by atoms with Gasteiger partial charge in [0.05, 0.1) is 26.4 Å². The number of nitrogens with zero attached hydrogens (tertiary/aromatic N) is 3. The standard InChI is InChI=1S/C74H131N3O11/c1-7-10-13-16-19-22-25-28-31-34-37-40-43-46-49-52-55-84-65-58-64(72(82)75(6)77-71(81)62(4)60-76(74(77)83)73-68(80)70(87-63(5)79)67(61-78)88-73)59-66(85-56-53-50-47-44-41-38-35-32-29-26-23-20-17-14-11-8-2)69(65)86-57-54-51-48-45-42-39-36-33-30-27-24-21-18-15-12-9-3/h58-60,67-68,70,73,78,80H,7-57,61H2,1-6H3/t67-,68-,70-,73-/m1/s1. The summed E-state index contributed by atoms with van der Waals surface area (Å²) >= 11 is 0. The zero-order valence-electron chi connectivity index (χ0n) is 57.2. The molecule has 1 aliphatic rings. The number of rotatable bonds is 59. The molecule has 14 heteroatoms. The minimum atomic E-state index is -1.57. The Bertz CT molecular complexity index is 2120. The molecule has 0 radical (unpaired) electrons. The first kappa shape index (κ1) is 78.4. The van der Waals surface area contributed by atoms with E-state index in [0.29, 0.717) is 41.7 Å². The van der Waals surface area contributed by atoms with Gasteiger partial charge in [-0.1, -0.05) is 310 Å². The maximum Gasteiger partial charge on any atom is 0.352 e. The minimum absolute atomic E-state index is 0.0787. The molecular weight excluding hydrogens is 1110 g/mol. The van der Waals surface area contributed by atoms with Crippen molar-refractivity contribution in [2.75, 3.05) is 38.5 Å². The van der Waals surface area contributed by atoms with Crippen molar-refractivity contribution in [1.82, 2.24) is 9.24 Å². The van der Waals surface area contributed by atoms with E-state index in [1.54, 1.807) is 12.1 Å². The molecule has 2 heterocycles. The van der Waals surface area contributed by atoms with Crippen LogP contribution in [-0.4, -0.2) is 83.1 Å². The summed E-state index contributed by atoms with van der Waals surface area (Å²) in [6.45, 7) is 10.2. The van der Waals surface area contributed by atoms with Gasteiger partial charge in [0.1, 0.15) is 12.2 Å². The molecule has 508 valence electrons. The summed E-state index contributed by atoms with van der Waals surface area (Å²) < 4.78 is 32.7. The number of carbonyl (C=O) groups excluding carboxylic acids is 2. The fourth-order valence-electron chi connectivity index (χ4n) is 12.4. The van der Waals surface area contributed by atoms with E-state index in [1.807, 2.05) is 0 Å². The van der Waals surface area contributed by atoms with Crippen LogP contribution in [0.1, 0.15) is 358 Å². The van der Waals surface area contributed by atoms with E-state index < -0.39 is 54.3 Å². The van der Waals surface area contributed by atoms with Crippen LogP contribution < -0.4 is 30.5 Å². The van der Waals surface area contributed by atoms with Crippen LogP contribution in [0.15, 0.2) is 27.9 Å². The van der Waals surface area contributed by atoms with Gasteiger partial charge in [-0.2, -0.15) is 4.68 Å². The zero-order chi connectivity index (χ0) is 63.7. The molecule has 1 saturated heterocycles. The second-order valence-corrected chi connectivity index (χ2v) is 26.0. The number of esters is 1. The monoisotopic (exact) mass is 1240 g/mol. The first-order valence-corrected chi connectivity index (χ1v) is 36.8. The predicted molar refractivity (Wildman–Crippen MR) is 362 cm³/mol. The summed E-state index contributed by atoms with van der Waals surface area (Å²) in [6, 6.07) is 3.27. The van der Waals surface area contributed by atoms with E-state index in [-0.39, 0.29) is 11.1 Å². The Morgan fingerprint density at radius 3 is 1.11 bits per heavy atom. The molecule has 1 amide bonds. The third-order valence-electron chi connectivity index (χ3n) is 17.9. The fourth-order valence-corrected chi connectivity index (χ4v) is 12.4. The molecule has 0 unspecified atom stereocenters. The lowest BCUT2D eigenvalue weighted by atomic mass is 10.0. The van der Waals surface area contributed by atoms with Crippen molar-refractivity contribution >= 4 is 11.9 Å². The van der Waals surface area contributed by atoms with Crippen molar-refractivity contribution in [2.45, 2.75) is 367 Å². The van der Waals surface area contributed by atoms with E-state index in [0.717, 1.165) is 67.4 Å². The van der Waals surface area contributed by atoms with E-state index in [1.165, 1.54) is 278 Å². The molecule has 0 saturated carbocycles. The number of aryl methyl sites for hydroxylation is 1. The predicted octanol–water partition coefficient (Wildman–Crippen LogP) is 18.8. The van der Waals surface area contributed by atoms with Crippen LogP contribution in [-0.2, 0) is 14.3 Å². The Labute approximate surface area is 535 Å². The molecule has 1 aromatic carbocycles. The second-order valence-electron chi connectivity index (χ2n) is 26.0. The molecule has 88 heavy (non-hydrogen) atoms. The van der Waals surface area contributed by atoms with Crippen LogP contribution in [0.5, 0.6) is 17.2 Å². The normalized spacial score (nSPS) is 15.7. The molecule has 0 aliphatic carbocycles. The molecule has 1 aromatic heterocycles. The second kappa shape index (κ2) is 51.7. The van der Waals surface area contributed by atoms with Crippen molar-refractivity contribution in [1.29, 1.82) is 0 Å². The van der Waals surface area contributed by atoms with E-state index >= 15 is 0 Å². The highest BCUT2D eigenvalue weighted by Crippen LogP contribution is 2.40. The summed E-state index contributed by atoms with van der Waals surface area (Å²) in [4.78, 5) is 55.1. The zero-order valence-corrected chi connectivity index (χ0v) is 57.2. The topological polar surface area (TPSA) is 168 Å². The Balaban J connectivity index is 1.75. The molecule has 2 N–H and O–H groups in total. The van der Waals surface area contributed by atoms with Crippen molar-refractivity contribution in [3.05, 3.63) is 50.3 Å². The van der Waals surface area contributed by atoms with Gasteiger partial charge in [0.25, 0.3) is 11.5 Å². The average molecular weight is 1240 g/mol. The third-order valence-corrected chi connectivity index (χ3v) is 17.9. The number of aromatic nitrogens is 2. The average Bonchev–Trinajstić information content (AvgIpc) is 1.51. The highest BCUT2D eigenvalue weighted by atomic mass is 16.6. The van der Waals surface area contributed by atoms with Gasteiger partial charge >= 0.3 is 11.7 Å². The quantitative estimate of drug-likeness (QED) is 0.0478. The molecule has 3 rings (SSSR count). The number of hydrogen-bond donors (Lipinski definition) is 2. The summed E-state index contributed by atoms with van der Waals surface area (Å²) in [6.07, 6.45) is 56.7. The van der Waals surface area contributed by atoms with Gasteiger partial charge in [0, 0.05) is 31.3 Å². The van der Waals surface area contributed by atoms with Gasteiger partial charge in [-0.25, -0.2) is 9.80 Å². The first-order valence-electron chi connectivity index (χ1n) is 36.8. The Kier molecular flexibility index (Phi) is 46.0. The van der Waals surface area contributed by atoms with Gasteiger partial charge in [0.2, 0.25) is 5.75 Å².